The minimum atomic E-state index is -1.42. The summed E-state index contributed by atoms with van der Waals surface area (Å²) in [5, 5.41) is 12.7. The molecule has 0 aliphatic heterocycles. The second-order valence-electron chi connectivity index (χ2n) is 3.11. The third-order valence-corrected chi connectivity index (χ3v) is 2.35. The first kappa shape index (κ1) is 11.5. The molecule has 0 unspecified atom stereocenters. The second kappa shape index (κ2) is 4.79. The van der Waals surface area contributed by atoms with Gasteiger partial charge >= 0.3 is 6.16 Å². The number of thiophene rings is 1. The van der Waals surface area contributed by atoms with E-state index < -0.39 is 6.16 Å². The summed E-state index contributed by atoms with van der Waals surface area (Å²) in [6, 6.07) is 1.45. The number of amides is 1. The Kier molecular flexibility index (Phi) is 3.68. The number of carbonyl (C=O) groups is 2. The zero-order valence-corrected chi connectivity index (χ0v) is 9.13. The molecule has 0 spiro atoms. The van der Waals surface area contributed by atoms with E-state index in [1.165, 1.54) is 6.07 Å². The highest BCUT2D eigenvalue weighted by Crippen LogP contribution is 2.24. The molecule has 1 heterocycles. The van der Waals surface area contributed by atoms with Crippen LogP contribution in [-0.2, 0) is 0 Å². The largest absolute Gasteiger partial charge is 0.511 e. The number of nitrogens with one attached hydrogen (secondary N) is 1. The van der Waals surface area contributed by atoms with Crippen molar-refractivity contribution in [3.05, 3.63) is 16.3 Å². The minimum absolute atomic E-state index is 0.00252. The lowest BCUT2D eigenvalue weighted by molar-refractivity contribution is 0.0943. The lowest BCUT2D eigenvalue weighted by Crippen LogP contribution is -2.29. The molecule has 0 bridgehead atoms. The van der Waals surface area contributed by atoms with E-state index in [-0.39, 0.29) is 22.6 Å². The zero-order chi connectivity index (χ0) is 11.4. The summed E-state index contributed by atoms with van der Waals surface area (Å²) in [6.07, 6.45) is -1.42. The van der Waals surface area contributed by atoms with Crippen molar-refractivity contribution in [3.8, 4) is 5.75 Å². The molecule has 6 heteroatoms. The van der Waals surface area contributed by atoms with Crippen LogP contribution in [0.25, 0.3) is 0 Å². The average molecular weight is 229 g/mol. The lowest BCUT2D eigenvalue weighted by atomic mass is 10.3. The molecule has 0 atom stereocenters. The molecule has 1 amide bonds. The van der Waals surface area contributed by atoms with Crippen molar-refractivity contribution in [2.45, 2.75) is 19.9 Å². The van der Waals surface area contributed by atoms with Gasteiger partial charge in [0.2, 0.25) is 0 Å². The average Bonchev–Trinajstić information content (AvgIpc) is 2.49. The summed E-state index contributed by atoms with van der Waals surface area (Å²) in [4.78, 5) is 22.1. The van der Waals surface area contributed by atoms with E-state index in [9.17, 15) is 9.59 Å². The van der Waals surface area contributed by atoms with Gasteiger partial charge in [-0.25, -0.2) is 4.79 Å². The number of carboxylic acid groups (broad SMARTS) is 1. The topological polar surface area (TPSA) is 75.6 Å². The highest BCUT2D eigenvalue weighted by molar-refractivity contribution is 7.12. The zero-order valence-electron chi connectivity index (χ0n) is 8.31. The van der Waals surface area contributed by atoms with Crippen molar-refractivity contribution < 1.29 is 19.4 Å². The monoisotopic (exact) mass is 229 g/mol. The lowest BCUT2D eigenvalue weighted by Gasteiger charge is -2.07. The molecule has 0 saturated heterocycles. The van der Waals surface area contributed by atoms with Gasteiger partial charge in [-0.15, -0.1) is 11.3 Å². The Morgan fingerprint density at radius 2 is 2.20 bits per heavy atom. The van der Waals surface area contributed by atoms with Gasteiger partial charge in [0.15, 0.2) is 5.75 Å². The molecule has 1 aromatic heterocycles. The molecule has 0 aliphatic carbocycles. The molecule has 2 N–H and O–H groups in total. The summed E-state index contributed by atoms with van der Waals surface area (Å²) in [5.41, 5.74) is 0. The Morgan fingerprint density at radius 1 is 1.53 bits per heavy atom. The molecule has 0 aliphatic rings. The maximum absolute atomic E-state index is 11.5. The molecule has 15 heavy (non-hydrogen) atoms. The van der Waals surface area contributed by atoms with Gasteiger partial charge in [-0.05, 0) is 25.3 Å². The molecule has 0 radical (unpaired) electrons. The number of rotatable bonds is 3. The number of ether oxygens (including phenoxy) is 1. The molecule has 1 rings (SSSR count). The number of hydrogen-bond donors (Lipinski definition) is 2. The molecule has 1 aromatic rings. The number of carbonyl (C=O) groups excluding carboxylic acids is 1. The van der Waals surface area contributed by atoms with Crippen molar-refractivity contribution >= 4 is 23.4 Å². The predicted octanol–water partition coefficient (Wildman–Crippen LogP) is 1.94. The Bertz CT molecular complexity index is 372. The van der Waals surface area contributed by atoms with Gasteiger partial charge in [-0.1, -0.05) is 0 Å². The first-order valence-corrected chi connectivity index (χ1v) is 5.17. The molecular weight excluding hydrogens is 218 g/mol. The maximum Gasteiger partial charge on any atom is 0.511 e. The summed E-state index contributed by atoms with van der Waals surface area (Å²) in [7, 11) is 0. The fourth-order valence-corrected chi connectivity index (χ4v) is 1.68. The van der Waals surface area contributed by atoms with Crippen LogP contribution in [0.1, 0.15) is 23.5 Å². The third-order valence-electron chi connectivity index (χ3n) is 1.45. The highest BCUT2D eigenvalue weighted by Gasteiger charge is 2.16. The fourth-order valence-electron chi connectivity index (χ4n) is 0.965. The van der Waals surface area contributed by atoms with E-state index in [0.29, 0.717) is 0 Å². The maximum atomic E-state index is 11.5. The summed E-state index contributed by atoms with van der Waals surface area (Å²) in [6.45, 7) is 3.65. The molecule has 82 valence electrons. The highest BCUT2D eigenvalue weighted by atomic mass is 32.1. The normalized spacial score (nSPS) is 10.1. The standard InChI is InChI=1S/C9H11NO4S/c1-5(2)10-8(11)7-6(3-4-15-7)14-9(12)13/h3-5H,1-2H3,(H,10,11)(H,12,13). The van der Waals surface area contributed by atoms with Crippen LogP contribution in [0.3, 0.4) is 0 Å². The van der Waals surface area contributed by atoms with Gasteiger partial charge in [0.1, 0.15) is 4.88 Å². The van der Waals surface area contributed by atoms with Gasteiger partial charge in [-0.3, -0.25) is 4.79 Å². The van der Waals surface area contributed by atoms with E-state index in [4.69, 9.17) is 5.11 Å². The smallest absolute Gasteiger partial charge is 0.449 e. The molecule has 0 saturated carbocycles. The summed E-state index contributed by atoms with van der Waals surface area (Å²) < 4.78 is 4.45. The van der Waals surface area contributed by atoms with Crippen LogP contribution in [0.2, 0.25) is 0 Å². The van der Waals surface area contributed by atoms with Crippen molar-refractivity contribution in [2.24, 2.45) is 0 Å². The van der Waals surface area contributed by atoms with Gasteiger partial charge < -0.3 is 15.2 Å². The SMILES string of the molecule is CC(C)NC(=O)c1sccc1OC(=O)O. The van der Waals surface area contributed by atoms with Crippen LogP contribution >= 0.6 is 11.3 Å². The first-order valence-electron chi connectivity index (χ1n) is 4.30. The minimum Gasteiger partial charge on any atom is -0.449 e. The van der Waals surface area contributed by atoms with E-state index >= 15 is 0 Å². The Hall–Kier alpha value is -1.56. The van der Waals surface area contributed by atoms with E-state index in [1.807, 2.05) is 13.8 Å². The van der Waals surface area contributed by atoms with E-state index in [0.717, 1.165) is 11.3 Å². The van der Waals surface area contributed by atoms with Crippen LogP contribution in [0, 0.1) is 0 Å². The van der Waals surface area contributed by atoms with Crippen LogP contribution < -0.4 is 10.1 Å². The Labute approximate surface area is 90.7 Å². The van der Waals surface area contributed by atoms with Crippen LogP contribution in [0.15, 0.2) is 11.4 Å². The van der Waals surface area contributed by atoms with Crippen molar-refractivity contribution in [1.82, 2.24) is 5.32 Å². The van der Waals surface area contributed by atoms with Gasteiger partial charge in [0.05, 0.1) is 0 Å². The van der Waals surface area contributed by atoms with Crippen molar-refractivity contribution in [3.63, 3.8) is 0 Å². The Morgan fingerprint density at radius 3 is 2.73 bits per heavy atom. The molecule has 0 aromatic carbocycles. The van der Waals surface area contributed by atoms with Crippen molar-refractivity contribution in [1.29, 1.82) is 0 Å². The molecule has 5 nitrogen and oxygen atoms in total. The van der Waals surface area contributed by atoms with Gasteiger partial charge in [0, 0.05) is 6.04 Å². The summed E-state index contributed by atoms with van der Waals surface area (Å²) >= 11 is 1.14. The second-order valence-corrected chi connectivity index (χ2v) is 4.03. The van der Waals surface area contributed by atoms with E-state index in [1.54, 1.807) is 5.38 Å². The molecular formula is C9H11NO4S. The van der Waals surface area contributed by atoms with Crippen LogP contribution in [-0.4, -0.2) is 23.2 Å². The quantitative estimate of drug-likeness (QED) is 0.777. The first-order chi connectivity index (χ1) is 7.00. The van der Waals surface area contributed by atoms with Gasteiger partial charge in [-0.2, -0.15) is 0 Å². The van der Waals surface area contributed by atoms with Gasteiger partial charge in [0.25, 0.3) is 5.91 Å². The summed E-state index contributed by atoms with van der Waals surface area (Å²) in [5.74, 6) is -0.248. The van der Waals surface area contributed by atoms with Crippen molar-refractivity contribution in [2.75, 3.05) is 0 Å². The van der Waals surface area contributed by atoms with Crippen LogP contribution in [0.5, 0.6) is 5.75 Å². The van der Waals surface area contributed by atoms with E-state index in [2.05, 4.69) is 10.1 Å². The number of hydrogen-bond acceptors (Lipinski definition) is 4. The molecule has 0 fully saturated rings. The fraction of sp³-hybridized carbons (Fsp3) is 0.333. The van der Waals surface area contributed by atoms with Crippen LogP contribution in [0.4, 0.5) is 4.79 Å². The third kappa shape index (κ3) is 3.25. The predicted molar refractivity (Wildman–Crippen MR) is 55.6 cm³/mol. The Balaban J connectivity index is 2.80.